The Morgan fingerprint density at radius 2 is 1.77 bits per heavy atom. The van der Waals surface area contributed by atoms with Crippen molar-refractivity contribution in [3.05, 3.63) is 59.9 Å². The van der Waals surface area contributed by atoms with E-state index in [1.54, 1.807) is 24.5 Å². The number of piperazine rings is 1. The molecule has 0 spiro atoms. The van der Waals surface area contributed by atoms with Gasteiger partial charge in [0.05, 0.1) is 11.0 Å². The van der Waals surface area contributed by atoms with Crippen LogP contribution in [0.2, 0.25) is 0 Å². The monoisotopic (exact) mass is 444 g/mol. The number of benzene rings is 1. The molecule has 0 saturated carbocycles. The maximum absolute atomic E-state index is 12.8. The Balaban J connectivity index is 1.30. The second-order valence-corrected chi connectivity index (χ2v) is 9.70. The molecular weight excluding hydrogens is 416 g/mol. The molecule has 3 heterocycles. The smallest absolute Gasteiger partial charge is 0.253 e. The number of aromatic nitrogens is 1. The molecular formula is C22H28N4O4S. The molecule has 166 valence electrons. The average molecular weight is 445 g/mol. The lowest BCUT2D eigenvalue weighted by Gasteiger charge is -2.34. The molecule has 2 aromatic rings. The van der Waals surface area contributed by atoms with Crippen LogP contribution in [-0.2, 0) is 21.3 Å². The van der Waals surface area contributed by atoms with Crippen molar-refractivity contribution in [1.82, 2.24) is 19.5 Å². The molecule has 4 rings (SSSR count). The topological polar surface area (TPSA) is 91.8 Å². The summed E-state index contributed by atoms with van der Waals surface area (Å²) in [5.74, 6) is -0.0696. The number of carbonyl (C=O) groups is 1. The van der Waals surface area contributed by atoms with E-state index in [4.69, 9.17) is 4.74 Å². The van der Waals surface area contributed by atoms with E-state index >= 15 is 0 Å². The molecule has 1 aromatic carbocycles. The number of rotatable bonds is 7. The zero-order chi connectivity index (χ0) is 21.7. The summed E-state index contributed by atoms with van der Waals surface area (Å²) in [5, 5.41) is 0. The summed E-state index contributed by atoms with van der Waals surface area (Å²) in [4.78, 5) is 21.2. The summed E-state index contributed by atoms with van der Waals surface area (Å²) in [6.45, 7) is 4.69. The molecule has 2 aliphatic rings. The largest absolute Gasteiger partial charge is 0.377 e. The molecule has 1 aromatic heterocycles. The zero-order valence-electron chi connectivity index (χ0n) is 17.4. The predicted molar refractivity (Wildman–Crippen MR) is 116 cm³/mol. The predicted octanol–water partition coefficient (Wildman–Crippen LogP) is 1.50. The highest BCUT2D eigenvalue weighted by atomic mass is 32.2. The van der Waals surface area contributed by atoms with Crippen LogP contribution in [0.1, 0.15) is 28.8 Å². The molecule has 8 nitrogen and oxygen atoms in total. The Labute approximate surface area is 183 Å². The van der Waals surface area contributed by atoms with E-state index in [1.807, 2.05) is 17.0 Å². The van der Waals surface area contributed by atoms with Crippen molar-refractivity contribution >= 4 is 15.9 Å². The fourth-order valence-electron chi connectivity index (χ4n) is 3.91. The van der Waals surface area contributed by atoms with Crippen LogP contribution < -0.4 is 4.72 Å². The molecule has 31 heavy (non-hydrogen) atoms. The summed E-state index contributed by atoms with van der Waals surface area (Å²) in [6.07, 6.45) is 5.34. The van der Waals surface area contributed by atoms with E-state index in [0.29, 0.717) is 25.3 Å². The van der Waals surface area contributed by atoms with Gasteiger partial charge >= 0.3 is 0 Å². The second-order valence-electron chi connectivity index (χ2n) is 7.94. The highest BCUT2D eigenvalue weighted by Crippen LogP contribution is 2.16. The second kappa shape index (κ2) is 9.86. The number of pyridine rings is 1. The van der Waals surface area contributed by atoms with E-state index in [9.17, 15) is 13.2 Å². The molecule has 1 N–H and O–H groups in total. The highest BCUT2D eigenvalue weighted by molar-refractivity contribution is 7.89. The summed E-state index contributed by atoms with van der Waals surface area (Å²) < 4.78 is 33.0. The van der Waals surface area contributed by atoms with Crippen molar-refractivity contribution in [1.29, 1.82) is 0 Å². The van der Waals surface area contributed by atoms with E-state index in [2.05, 4.69) is 14.6 Å². The van der Waals surface area contributed by atoms with Crippen LogP contribution in [0.5, 0.6) is 0 Å². The van der Waals surface area contributed by atoms with Gasteiger partial charge in [0.15, 0.2) is 0 Å². The molecule has 1 atom stereocenters. The molecule has 2 fully saturated rings. The van der Waals surface area contributed by atoms with Gasteiger partial charge in [-0.1, -0.05) is 0 Å². The number of ether oxygens (including phenoxy) is 1. The number of carbonyl (C=O) groups excluding carboxylic acids is 1. The Hall–Kier alpha value is -2.33. The number of nitrogens with one attached hydrogen (secondary N) is 1. The quantitative estimate of drug-likeness (QED) is 0.696. The van der Waals surface area contributed by atoms with Crippen molar-refractivity contribution in [2.75, 3.05) is 39.3 Å². The molecule has 1 amide bonds. The van der Waals surface area contributed by atoms with Gasteiger partial charge in [-0.05, 0) is 54.8 Å². The zero-order valence-corrected chi connectivity index (χ0v) is 18.3. The van der Waals surface area contributed by atoms with Crippen LogP contribution in [0, 0.1) is 0 Å². The summed E-state index contributed by atoms with van der Waals surface area (Å²) >= 11 is 0. The third kappa shape index (κ3) is 5.68. The van der Waals surface area contributed by atoms with E-state index in [0.717, 1.165) is 32.5 Å². The van der Waals surface area contributed by atoms with Gasteiger partial charge in [0, 0.05) is 63.8 Å². The third-order valence-electron chi connectivity index (χ3n) is 5.75. The number of amides is 1. The minimum absolute atomic E-state index is 0.0622. The molecule has 9 heteroatoms. The number of sulfonamides is 1. The van der Waals surface area contributed by atoms with Crippen molar-refractivity contribution in [3.8, 4) is 0 Å². The minimum atomic E-state index is -3.62. The first-order valence-electron chi connectivity index (χ1n) is 10.6. The van der Waals surface area contributed by atoms with E-state index in [-0.39, 0.29) is 23.5 Å². The van der Waals surface area contributed by atoms with Gasteiger partial charge in [0.1, 0.15) is 0 Å². The average Bonchev–Trinajstić information content (AvgIpc) is 3.33. The number of hydrogen-bond donors (Lipinski definition) is 1. The normalized spacial score (nSPS) is 20.1. The lowest BCUT2D eigenvalue weighted by molar-refractivity contribution is 0.0628. The molecule has 0 aliphatic carbocycles. The van der Waals surface area contributed by atoms with Gasteiger partial charge in [0.25, 0.3) is 5.91 Å². The molecule has 0 unspecified atom stereocenters. The van der Waals surface area contributed by atoms with Crippen molar-refractivity contribution in [2.24, 2.45) is 0 Å². The maximum atomic E-state index is 12.8. The first-order chi connectivity index (χ1) is 15.0. The minimum Gasteiger partial charge on any atom is -0.377 e. The van der Waals surface area contributed by atoms with Gasteiger partial charge in [-0.25, -0.2) is 13.1 Å². The summed E-state index contributed by atoms with van der Waals surface area (Å²) in [5.41, 5.74) is 1.71. The van der Waals surface area contributed by atoms with Crippen molar-refractivity contribution in [3.63, 3.8) is 0 Å². The standard InChI is InChI=1S/C22H28N4O4S/c27-22(26-13-11-25(12-14-26)17-18-7-9-23-10-8-18)19-3-5-21(6-4-19)31(28,29)24-16-20-2-1-15-30-20/h3-10,20,24H,1-2,11-17H2/t20-/m0/s1. The summed E-state index contributed by atoms with van der Waals surface area (Å²) in [7, 11) is -3.62. The van der Waals surface area contributed by atoms with Gasteiger partial charge < -0.3 is 9.64 Å². The molecule has 2 aliphatic heterocycles. The van der Waals surface area contributed by atoms with E-state index in [1.165, 1.54) is 17.7 Å². The first-order valence-corrected chi connectivity index (χ1v) is 12.1. The highest BCUT2D eigenvalue weighted by Gasteiger charge is 2.24. The van der Waals surface area contributed by atoms with Crippen molar-refractivity contribution < 1.29 is 17.9 Å². The van der Waals surface area contributed by atoms with Crippen LogP contribution in [0.3, 0.4) is 0 Å². The SMILES string of the molecule is O=C(c1ccc(S(=O)(=O)NC[C@@H]2CCCO2)cc1)N1CCN(Cc2ccncc2)CC1. The Morgan fingerprint density at radius 3 is 2.42 bits per heavy atom. The number of nitrogens with zero attached hydrogens (tertiary/aromatic N) is 3. The van der Waals surface area contributed by atoms with Crippen LogP contribution in [-0.4, -0.2) is 74.5 Å². The summed E-state index contributed by atoms with van der Waals surface area (Å²) in [6, 6.07) is 10.2. The third-order valence-corrected chi connectivity index (χ3v) is 7.19. The van der Waals surface area contributed by atoms with Crippen LogP contribution in [0.15, 0.2) is 53.7 Å². The van der Waals surface area contributed by atoms with Gasteiger partial charge in [-0.2, -0.15) is 0 Å². The van der Waals surface area contributed by atoms with Gasteiger partial charge in [-0.3, -0.25) is 14.7 Å². The van der Waals surface area contributed by atoms with Gasteiger partial charge in [0.2, 0.25) is 10.0 Å². The molecule has 0 radical (unpaired) electrons. The molecule has 0 bridgehead atoms. The van der Waals surface area contributed by atoms with Crippen LogP contribution in [0.4, 0.5) is 0 Å². The van der Waals surface area contributed by atoms with Crippen LogP contribution in [0.25, 0.3) is 0 Å². The fourth-order valence-corrected chi connectivity index (χ4v) is 4.97. The van der Waals surface area contributed by atoms with Crippen molar-refractivity contribution in [2.45, 2.75) is 30.4 Å². The fraction of sp³-hybridized carbons (Fsp3) is 0.455. The molecule has 2 saturated heterocycles. The Morgan fingerprint density at radius 1 is 1.06 bits per heavy atom. The van der Waals surface area contributed by atoms with Gasteiger partial charge in [-0.15, -0.1) is 0 Å². The Bertz CT molecular complexity index is 968. The Kier molecular flexibility index (Phi) is 6.96. The van der Waals surface area contributed by atoms with E-state index < -0.39 is 10.0 Å². The lowest BCUT2D eigenvalue weighted by Crippen LogP contribution is -2.48. The maximum Gasteiger partial charge on any atom is 0.253 e. The lowest BCUT2D eigenvalue weighted by atomic mass is 10.1. The first kappa shape index (κ1) is 21.9. The van der Waals surface area contributed by atoms with Crippen LogP contribution >= 0.6 is 0 Å². The number of hydrogen-bond acceptors (Lipinski definition) is 6.